The van der Waals surface area contributed by atoms with Crippen LogP contribution in [0.4, 0.5) is 0 Å². The molecule has 144 valence electrons. The average molecular weight is 354 g/mol. The zero-order chi connectivity index (χ0) is 18.6. The van der Waals surface area contributed by atoms with E-state index in [2.05, 4.69) is 23.8 Å². The predicted octanol–water partition coefficient (Wildman–Crippen LogP) is 1.58. The van der Waals surface area contributed by atoms with Gasteiger partial charge in [-0.25, -0.2) is 0 Å². The molecule has 2 aliphatic heterocycles. The Bertz CT molecular complexity index is 484. The molecule has 2 heterocycles. The lowest BCUT2D eigenvalue weighted by Crippen LogP contribution is -2.49. The van der Waals surface area contributed by atoms with E-state index >= 15 is 0 Å². The summed E-state index contributed by atoms with van der Waals surface area (Å²) in [7, 11) is 5.83. The topological polar surface area (TPSA) is 59.1 Å². The van der Waals surface area contributed by atoms with Gasteiger partial charge >= 0.3 is 5.97 Å². The number of carbonyl (C=O) groups is 2. The van der Waals surface area contributed by atoms with E-state index < -0.39 is 11.5 Å². The molecule has 0 N–H and O–H groups in total. The summed E-state index contributed by atoms with van der Waals surface area (Å²) < 4.78 is 11.5. The van der Waals surface area contributed by atoms with Gasteiger partial charge < -0.3 is 19.3 Å². The average Bonchev–Trinajstić information content (AvgIpc) is 2.89. The van der Waals surface area contributed by atoms with Gasteiger partial charge in [0.15, 0.2) is 0 Å². The molecule has 0 aromatic rings. The summed E-state index contributed by atoms with van der Waals surface area (Å²) in [4.78, 5) is 29.5. The molecule has 4 atom stereocenters. The van der Waals surface area contributed by atoms with E-state index in [1.165, 1.54) is 0 Å². The minimum Gasteiger partial charge on any atom is -0.456 e. The lowest BCUT2D eigenvalue weighted by molar-refractivity contribution is -0.166. The number of carbonyl (C=O) groups excluding carboxylic acids is 2. The summed E-state index contributed by atoms with van der Waals surface area (Å²) >= 11 is 0. The number of likely N-dealkylation sites (N-methyl/N-ethyl adjacent to an activating group) is 2. The maximum absolute atomic E-state index is 12.6. The van der Waals surface area contributed by atoms with Gasteiger partial charge in [0.1, 0.15) is 17.3 Å². The third-order valence-electron chi connectivity index (χ3n) is 5.55. The number of rotatable bonds is 1. The molecule has 0 radical (unpaired) electrons. The van der Waals surface area contributed by atoms with Crippen LogP contribution in [0.3, 0.4) is 0 Å². The number of likely N-dealkylation sites (tertiary alicyclic amines) is 1. The Morgan fingerprint density at radius 3 is 2.44 bits per heavy atom. The van der Waals surface area contributed by atoms with Gasteiger partial charge in [-0.2, -0.15) is 0 Å². The fourth-order valence-corrected chi connectivity index (χ4v) is 4.19. The second kappa shape index (κ2) is 8.60. The van der Waals surface area contributed by atoms with Crippen LogP contribution < -0.4 is 0 Å². The first-order valence-electron chi connectivity index (χ1n) is 9.40. The Kier molecular flexibility index (Phi) is 7.00. The maximum Gasteiger partial charge on any atom is 0.316 e. The van der Waals surface area contributed by atoms with Crippen molar-refractivity contribution in [2.24, 2.45) is 11.8 Å². The molecule has 3 unspecified atom stereocenters. The zero-order valence-electron chi connectivity index (χ0n) is 16.4. The summed E-state index contributed by atoms with van der Waals surface area (Å²) in [6.45, 7) is 7.14. The molecule has 2 aliphatic rings. The van der Waals surface area contributed by atoms with Crippen molar-refractivity contribution in [2.75, 3.05) is 47.4 Å². The number of esters is 1. The molecule has 0 aliphatic carbocycles. The number of hydrogen-bond acceptors (Lipinski definition) is 6. The highest BCUT2D eigenvalue weighted by Crippen LogP contribution is 2.28. The second-order valence-corrected chi connectivity index (χ2v) is 8.21. The fourth-order valence-electron chi connectivity index (χ4n) is 4.19. The highest BCUT2D eigenvalue weighted by molar-refractivity contribution is 5.98. The summed E-state index contributed by atoms with van der Waals surface area (Å²) in [5.41, 5.74) is -0.510. The highest BCUT2D eigenvalue weighted by Gasteiger charge is 2.43. The fraction of sp³-hybridized carbons (Fsp3) is 0.895. The van der Waals surface area contributed by atoms with Crippen molar-refractivity contribution in [1.29, 1.82) is 0 Å². The maximum atomic E-state index is 12.6. The Labute approximate surface area is 151 Å². The van der Waals surface area contributed by atoms with E-state index in [0.717, 1.165) is 32.5 Å². The Morgan fingerprint density at radius 1 is 1.16 bits per heavy atom. The molecule has 2 fully saturated rings. The molecular formula is C19H34N2O4. The highest BCUT2D eigenvalue weighted by atomic mass is 16.6. The van der Waals surface area contributed by atoms with E-state index in [1.54, 1.807) is 14.0 Å². The zero-order valence-corrected chi connectivity index (χ0v) is 16.4. The van der Waals surface area contributed by atoms with Gasteiger partial charge in [-0.05, 0) is 39.8 Å². The van der Waals surface area contributed by atoms with Crippen molar-refractivity contribution in [2.45, 2.75) is 51.2 Å². The smallest absolute Gasteiger partial charge is 0.316 e. The number of ketones is 1. The third-order valence-corrected chi connectivity index (χ3v) is 5.55. The van der Waals surface area contributed by atoms with Gasteiger partial charge in [0.25, 0.3) is 0 Å². The lowest BCUT2D eigenvalue weighted by Gasteiger charge is -2.35. The predicted molar refractivity (Wildman–Crippen MR) is 96.4 cm³/mol. The quantitative estimate of drug-likeness (QED) is 0.526. The van der Waals surface area contributed by atoms with E-state index in [0.29, 0.717) is 25.3 Å². The van der Waals surface area contributed by atoms with Crippen LogP contribution in [-0.2, 0) is 19.1 Å². The van der Waals surface area contributed by atoms with Crippen LogP contribution in [0.25, 0.3) is 0 Å². The largest absolute Gasteiger partial charge is 0.456 e. The minimum absolute atomic E-state index is 0.0474. The number of nitrogens with zero attached hydrogens (tertiary/aromatic N) is 2. The molecule has 6 heteroatoms. The van der Waals surface area contributed by atoms with Crippen molar-refractivity contribution in [3.8, 4) is 0 Å². The molecule has 0 saturated carbocycles. The molecule has 2 rings (SSSR count). The van der Waals surface area contributed by atoms with Crippen LogP contribution >= 0.6 is 0 Å². The first-order valence-corrected chi connectivity index (χ1v) is 9.40. The molecule has 0 bridgehead atoms. The molecule has 1 spiro atoms. The molecule has 25 heavy (non-hydrogen) atoms. The molecular weight excluding hydrogens is 320 g/mol. The Morgan fingerprint density at radius 2 is 1.84 bits per heavy atom. The van der Waals surface area contributed by atoms with Crippen LogP contribution in [0.5, 0.6) is 0 Å². The van der Waals surface area contributed by atoms with Crippen LogP contribution in [-0.4, -0.2) is 80.6 Å². The molecule has 2 saturated heterocycles. The SMILES string of the molecule is COC1CCC(=O)C(C)C(=O)OC2(CCN(C)C2)CN(C)C[C@H](C)C1. The normalized spacial score (nSPS) is 37.4. The van der Waals surface area contributed by atoms with Gasteiger partial charge in [0.05, 0.1) is 6.10 Å². The number of hydrogen-bond donors (Lipinski definition) is 0. The Balaban J connectivity index is 2.20. The number of ether oxygens (including phenoxy) is 2. The first kappa shape index (κ1) is 20.3. The number of methoxy groups -OCH3 is 1. The Hall–Kier alpha value is -0.980. The second-order valence-electron chi connectivity index (χ2n) is 8.21. The summed E-state index contributed by atoms with van der Waals surface area (Å²) in [6.07, 6.45) is 2.82. The van der Waals surface area contributed by atoms with Crippen LogP contribution in [0.2, 0.25) is 0 Å². The van der Waals surface area contributed by atoms with E-state index in [-0.39, 0.29) is 17.9 Å². The van der Waals surface area contributed by atoms with E-state index in [4.69, 9.17) is 9.47 Å². The van der Waals surface area contributed by atoms with Crippen LogP contribution in [0.1, 0.15) is 39.5 Å². The van der Waals surface area contributed by atoms with Crippen molar-refractivity contribution in [3.05, 3.63) is 0 Å². The van der Waals surface area contributed by atoms with Gasteiger partial charge in [0.2, 0.25) is 0 Å². The van der Waals surface area contributed by atoms with Gasteiger partial charge in [-0.1, -0.05) is 6.92 Å². The summed E-state index contributed by atoms with van der Waals surface area (Å²) in [6, 6.07) is 0. The summed E-state index contributed by atoms with van der Waals surface area (Å²) in [5.74, 6) is -0.678. The monoisotopic (exact) mass is 354 g/mol. The van der Waals surface area contributed by atoms with E-state index in [9.17, 15) is 9.59 Å². The molecule has 0 aromatic heterocycles. The van der Waals surface area contributed by atoms with Gasteiger partial charge in [0, 0.05) is 46.1 Å². The third kappa shape index (κ3) is 5.50. The molecule has 0 aromatic carbocycles. The van der Waals surface area contributed by atoms with Gasteiger partial charge in [-0.3, -0.25) is 9.59 Å². The number of Topliss-reactive ketones (excluding diaryl/α,β-unsaturated/α-hetero) is 1. The first-order chi connectivity index (χ1) is 11.7. The lowest BCUT2D eigenvalue weighted by atomic mass is 9.96. The molecule has 0 amide bonds. The van der Waals surface area contributed by atoms with Crippen LogP contribution in [0.15, 0.2) is 0 Å². The van der Waals surface area contributed by atoms with Crippen molar-refractivity contribution < 1.29 is 19.1 Å². The summed E-state index contributed by atoms with van der Waals surface area (Å²) in [5, 5.41) is 0. The van der Waals surface area contributed by atoms with Crippen molar-refractivity contribution in [3.63, 3.8) is 0 Å². The van der Waals surface area contributed by atoms with Crippen molar-refractivity contribution >= 4 is 11.8 Å². The molecule has 6 nitrogen and oxygen atoms in total. The van der Waals surface area contributed by atoms with Crippen molar-refractivity contribution in [1.82, 2.24) is 9.80 Å². The van der Waals surface area contributed by atoms with E-state index in [1.807, 2.05) is 7.05 Å². The standard InChI is InChI=1S/C19H34N2O4/c1-14-10-16(24-5)6-7-17(22)15(2)18(23)25-19(13-21(4)11-14)8-9-20(3)12-19/h14-16H,6-13H2,1-5H3/t14-,15?,16?,19?/m1/s1. The van der Waals surface area contributed by atoms with Gasteiger partial charge in [-0.15, -0.1) is 0 Å². The van der Waals surface area contributed by atoms with Crippen LogP contribution in [0, 0.1) is 11.8 Å². The minimum atomic E-state index is -0.705.